The van der Waals surface area contributed by atoms with Gasteiger partial charge in [-0.3, -0.25) is 4.98 Å². The first kappa shape index (κ1) is 17.0. The Labute approximate surface area is 146 Å². The van der Waals surface area contributed by atoms with E-state index in [2.05, 4.69) is 9.97 Å². The standard InChI is InChI=1S/C18H22N4O3/c1-22(2)17-8-11-12-7-15(24-4)16(25-6-5-23-3)9-14(12)20-10-13(11)18(19)21-17/h7-10H,5-6H2,1-4H3,(H2,19,21). The van der Waals surface area contributed by atoms with Crippen LogP contribution in [0.25, 0.3) is 21.7 Å². The van der Waals surface area contributed by atoms with Crippen LogP contribution in [0, 0.1) is 0 Å². The molecule has 0 saturated heterocycles. The van der Waals surface area contributed by atoms with Gasteiger partial charge in [-0.05, 0) is 12.1 Å². The summed E-state index contributed by atoms with van der Waals surface area (Å²) in [5.41, 5.74) is 6.92. The van der Waals surface area contributed by atoms with E-state index in [1.54, 1.807) is 20.4 Å². The number of nitrogen functional groups attached to an aromatic ring is 1. The van der Waals surface area contributed by atoms with Crippen LogP contribution in [0.3, 0.4) is 0 Å². The average molecular weight is 342 g/mol. The highest BCUT2D eigenvalue weighted by Gasteiger charge is 2.13. The summed E-state index contributed by atoms with van der Waals surface area (Å²) in [4.78, 5) is 10.8. The number of aromatic nitrogens is 2. The summed E-state index contributed by atoms with van der Waals surface area (Å²) in [5, 5.41) is 2.72. The predicted octanol–water partition coefficient (Wildman–Crippen LogP) is 2.47. The zero-order chi connectivity index (χ0) is 18.0. The minimum absolute atomic E-state index is 0.438. The van der Waals surface area contributed by atoms with Crippen molar-refractivity contribution in [3.05, 3.63) is 24.4 Å². The van der Waals surface area contributed by atoms with Crippen molar-refractivity contribution >= 4 is 33.3 Å². The van der Waals surface area contributed by atoms with Gasteiger partial charge in [-0.15, -0.1) is 0 Å². The van der Waals surface area contributed by atoms with Crippen LogP contribution in [0.5, 0.6) is 11.5 Å². The minimum atomic E-state index is 0.438. The van der Waals surface area contributed by atoms with Crippen LogP contribution < -0.4 is 20.1 Å². The molecular formula is C18H22N4O3. The molecule has 0 aliphatic carbocycles. The van der Waals surface area contributed by atoms with Gasteiger partial charge in [0.25, 0.3) is 0 Å². The molecule has 132 valence electrons. The van der Waals surface area contributed by atoms with Crippen LogP contribution in [0.4, 0.5) is 11.6 Å². The molecule has 3 rings (SSSR count). The molecule has 0 saturated carbocycles. The highest BCUT2D eigenvalue weighted by atomic mass is 16.5. The van der Waals surface area contributed by atoms with E-state index in [1.165, 1.54) is 0 Å². The molecule has 7 nitrogen and oxygen atoms in total. The number of nitrogens with two attached hydrogens (primary N) is 1. The molecular weight excluding hydrogens is 320 g/mol. The van der Waals surface area contributed by atoms with Crippen LogP contribution >= 0.6 is 0 Å². The van der Waals surface area contributed by atoms with E-state index in [9.17, 15) is 0 Å². The molecule has 0 atom stereocenters. The molecule has 0 amide bonds. The molecule has 2 heterocycles. The summed E-state index contributed by atoms with van der Waals surface area (Å²) in [6.07, 6.45) is 1.74. The Balaban J connectivity index is 2.21. The normalized spacial score (nSPS) is 11.0. The van der Waals surface area contributed by atoms with Crippen molar-refractivity contribution in [3.8, 4) is 11.5 Å². The molecule has 1 aromatic carbocycles. The second-order valence-corrected chi connectivity index (χ2v) is 5.84. The van der Waals surface area contributed by atoms with Crippen molar-refractivity contribution in [1.29, 1.82) is 0 Å². The summed E-state index contributed by atoms with van der Waals surface area (Å²) < 4.78 is 16.3. The highest BCUT2D eigenvalue weighted by molar-refractivity contribution is 6.10. The first-order valence-electron chi connectivity index (χ1n) is 7.91. The summed E-state index contributed by atoms with van der Waals surface area (Å²) in [7, 11) is 7.11. The minimum Gasteiger partial charge on any atom is -0.493 e. The largest absolute Gasteiger partial charge is 0.493 e. The third-order valence-corrected chi connectivity index (χ3v) is 3.98. The number of ether oxygens (including phenoxy) is 3. The van der Waals surface area contributed by atoms with Gasteiger partial charge in [-0.1, -0.05) is 0 Å². The maximum Gasteiger partial charge on any atom is 0.163 e. The average Bonchev–Trinajstić information content (AvgIpc) is 2.60. The fourth-order valence-electron chi connectivity index (χ4n) is 2.66. The quantitative estimate of drug-likeness (QED) is 0.544. The van der Waals surface area contributed by atoms with Crippen LogP contribution in [-0.4, -0.2) is 51.5 Å². The SMILES string of the molecule is COCCOc1cc2ncc3c(N)nc(N(C)C)cc3c2cc1OC. The zero-order valence-electron chi connectivity index (χ0n) is 14.9. The molecule has 0 spiro atoms. The Bertz CT molecular complexity index is 912. The molecule has 2 aromatic heterocycles. The fraction of sp³-hybridized carbons (Fsp3) is 0.333. The van der Waals surface area contributed by atoms with Crippen molar-refractivity contribution in [1.82, 2.24) is 9.97 Å². The maximum absolute atomic E-state index is 6.12. The van der Waals surface area contributed by atoms with E-state index >= 15 is 0 Å². The van der Waals surface area contributed by atoms with E-state index < -0.39 is 0 Å². The lowest BCUT2D eigenvalue weighted by Crippen LogP contribution is -2.11. The van der Waals surface area contributed by atoms with Crippen molar-refractivity contribution < 1.29 is 14.2 Å². The summed E-state index contributed by atoms with van der Waals surface area (Å²) in [6, 6.07) is 5.79. The Morgan fingerprint density at radius 1 is 1.00 bits per heavy atom. The fourth-order valence-corrected chi connectivity index (χ4v) is 2.66. The third-order valence-electron chi connectivity index (χ3n) is 3.98. The van der Waals surface area contributed by atoms with Gasteiger partial charge in [0.2, 0.25) is 0 Å². The lowest BCUT2D eigenvalue weighted by Gasteiger charge is -2.15. The van der Waals surface area contributed by atoms with Crippen molar-refractivity contribution in [2.45, 2.75) is 0 Å². The topological polar surface area (TPSA) is 82.7 Å². The van der Waals surface area contributed by atoms with Gasteiger partial charge in [0.15, 0.2) is 11.5 Å². The molecule has 0 radical (unpaired) electrons. The van der Waals surface area contributed by atoms with Gasteiger partial charge in [0.05, 0.1) is 19.2 Å². The molecule has 0 aliphatic rings. The predicted molar refractivity (Wildman–Crippen MR) is 99.7 cm³/mol. The van der Waals surface area contributed by atoms with Gasteiger partial charge in [-0.25, -0.2) is 4.98 Å². The molecule has 0 bridgehead atoms. The van der Waals surface area contributed by atoms with Gasteiger partial charge in [0.1, 0.15) is 18.2 Å². The number of fused-ring (bicyclic) bond motifs is 3. The molecule has 0 fully saturated rings. The zero-order valence-corrected chi connectivity index (χ0v) is 14.9. The maximum atomic E-state index is 6.12. The number of rotatable bonds is 6. The summed E-state index contributed by atoms with van der Waals surface area (Å²) >= 11 is 0. The molecule has 25 heavy (non-hydrogen) atoms. The van der Waals surface area contributed by atoms with Gasteiger partial charge in [-0.2, -0.15) is 0 Å². The van der Waals surface area contributed by atoms with E-state index in [0.29, 0.717) is 30.5 Å². The van der Waals surface area contributed by atoms with E-state index in [4.69, 9.17) is 19.9 Å². The van der Waals surface area contributed by atoms with E-state index in [1.807, 2.05) is 37.2 Å². The van der Waals surface area contributed by atoms with Crippen LogP contribution in [-0.2, 0) is 4.74 Å². The smallest absolute Gasteiger partial charge is 0.163 e. The van der Waals surface area contributed by atoms with E-state index in [-0.39, 0.29) is 0 Å². The molecule has 0 aliphatic heterocycles. The Morgan fingerprint density at radius 2 is 1.80 bits per heavy atom. The second-order valence-electron chi connectivity index (χ2n) is 5.84. The van der Waals surface area contributed by atoms with Crippen LogP contribution in [0.2, 0.25) is 0 Å². The third kappa shape index (κ3) is 3.23. The number of hydrogen-bond donors (Lipinski definition) is 1. The van der Waals surface area contributed by atoms with Crippen molar-refractivity contribution in [3.63, 3.8) is 0 Å². The first-order valence-corrected chi connectivity index (χ1v) is 7.91. The van der Waals surface area contributed by atoms with Crippen molar-refractivity contribution in [2.75, 3.05) is 52.2 Å². The lowest BCUT2D eigenvalue weighted by atomic mass is 10.1. The Kier molecular flexibility index (Phi) is 4.76. The Hall–Kier alpha value is -2.80. The summed E-state index contributed by atoms with van der Waals surface area (Å²) in [5.74, 6) is 2.51. The molecule has 2 N–H and O–H groups in total. The molecule has 7 heteroatoms. The van der Waals surface area contributed by atoms with Gasteiger partial charge >= 0.3 is 0 Å². The van der Waals surface area contributed by atoms with Crippen LogP contribution in [0.15, 0.2) is 24.4 Å². The highest BCUT2D eigenvalue weighted by Crippen LogP contribution is 2.36. The number of methoxy groups -OCH3 is 2. The van der Waals surface area contributed by atoms with Gasteiger partial charge in [0, 0.05) is 49.6 Å². The molecule has 0 unspecified atom stereocenters. The number of pyridine rings is 2. The summed E-state index contributed by atoms with van der Waals surface area (Å²) in [6.45, 7) is 0.939. The Morgan fingerprint density at radius 3 is 2.48 bits per heavy atom. The first-order chi connectivity index (χ1) is 12.0. The second kappa shape index (κ2) is 6.98. The number of hydrogen-bond acceptors (Lipinski definition) is 7. The number of nitrogens with zero attached hydrogens (tertiary/aromatic N) is 3. The lowest BCUT2D eigenvalue weighted by molar-refractivity contribution is 0.144. The number of anilines is 2. The van der Waals surface area contributed by atoms with Gasteiger partial charge < -0.3 is 24.8 Å². The number of benzene rings is 1. The molecule has 3 aromatic rings. The van der Waals surface area contributed by atoms with Crippen molar-refractivity contribution in [2.24, 2.45) is 0 Å². The van der Waals surface area contributed by atoms with E-state index in [0.717, 1.165) is 27.5 Å². The monoisotopic (exact) mass is 342 g/mol. The van der Waals surface area contributed by atoms with Crippen LogP contribution in [0.1, 0.15) is 0 Å².